The van der Waals surface area contributed by atoms with Crippen molar-refractivity contribution in [3.8, 4) is 5.75 Å². The van der Waals surface area contributed by atoms with E-state index in [1.807, 2.05) is 12.1 Å². The van der Waals surface area contributed by atoms with Crippen LogP contribution in [0.5, 0.6) is 5.75 Å². The van der Waals surface area contributed by atoms with Crippen molar-refractivity contribution in [2.45, 2.75) is 25.9 Å². The molecule has 2 heterocycles. The first-order valence-corrected chi connectivity index (χ1v) is 6.74. The Labute approximate surface area is 129 Å². The number of hydrogen-bond donors (Lipinski definition) is 1. The molecule has 0 saturated carbocycles. The molecule has 1 aliphatic heterocycles. The highest BCUT2D eigenvalue weighted by atomic mass is 35.5. The van der Waals surface area contributed by atoms with E-state index < -0.39 is 0 Å². The van der Waals surface area contributed by atoms with Crippen LogP contribution < -0.4 is 15.4 Å². The van der Waals surface area contributed by atoms with Crippen molar-refractivity contribution in [1.29, 1.82) is 0 Å². The second-order valence-electron chi connectivity index (χ2n) is 4.80. The smallest absolute Gasteiger partial charge is 0.240 e. The van der Waals surface area contributed by atoms with Gasteiger partial charge >= 0.3 is 0 Å². The van der Waals surface area contributed by atoms with Gasteiger partial charge in [0.1, 0.15) is 5.75 Å². The zero-order valence-corrected chi connectivity index (χ0v) is 12.7. The Hall–Kier alpha value is -1.79. The summed E-state index contributed by atoms with van der Waals surface area (Å²) in [7, 11) is 1.70. The van der Waals surface area contributed by atoms with Crippen molar-refractivity contribution < 1.29 is 9.26 Å². The fraction of sp³-hybridized carbons (Fsp3) is 0.429. The van der Waals surface area contributed by atoms with Crippen molar-refractivity contribution in [3.63, 3.8) is 0 Å². The minimum atomic E-state index is 0. The van der Waals surface area contributed by atoms with Gasteiger partial charge in [-0.2, -0.15) is 4.98 Å². The van der Waals surface area contributed by atoms with Crippen LogP contribution in [0.3, 0.4) is 0 Å². The lowest BCUT2D eigenvalue weighted by Gasteiger charge is -2.31. The van der Waals surface area contributed by atoms with Crippen molar-refractivity contribution in [3.05, 3.63) is 35.5 Å². The van der Waals surface area contributed by atoms with Crippen LogP contribution in [0.2, 0.25) is 0 Å². The number of rotatable bonds is 4. The highest BCUT2D eigenvalue weighted by molar-refractivity contribution is 5.85. The monoisotopic (exact) mass is 310 g/mol. The number of anilines is 1. The third-order valence-electron chi connectivity index (χ3n) is 3.51. The first-order valence-electron chi connectivity index (χ1n) is 6.74. The minimum Gasteiger partial charge on any atom is -0.495 e. The average molecular weight is 311 g/mol. The number of para-hydroxylation sites is 1. The molecule has 0 unspecified atom stereocenters. The van der Waals surface area contributed by atoms with E-state index in [-0.39, 0.29) is 19.0 Å². The molecule has 0 atom stereocenters. The lowest BCUT2D eigenvalue weighted by molar-refractivity contribution is 0.373. The van der Waals surface area contributed by atoms with Gasteiger partial charge in [-0.1, -0.05) is 17.3 Å². The van der Waals surface area contributed by atoms with Crippen molar-refractivity contribution in [2.24, 2.45) is 5.73 Å². The Morgan fingerprint density at radius 3 is 3.00 bits per heavy atom. The van der Waals surface area contributed by atoms with Gasteiger partial charge in [-0.25, -0.2) is 0 Å². The molecule has 1 aromatic carbocycles. The van der Waals surface area contributed by atoms with E-state index in [2.05, 4.69) is 21.1 Å². The van der Waals surface area contributed by atoms with E-state index in [4.69, 9.17) is 15.0 Å². The summed E-state index contributed by atoms with van der Waals surface area (Å²) in [6, 6.07) is 6.16. The molecule has 2 N–H and O–H groups in total. The Morgan fingerprint density at radius 2 is 2.29 bits per heavy atom. The lowest BCUT2D eigenvalue weighted by atomic mass is 10.0. The second kappa shape index (κ2) is 6.78. The van der Waals surface area contributed by atoms with E-state index in [0.29, 0.717) is 18.3 Å². The third-order valence-corrected chi connectivity index (χ3v) is 3.51. The summed E-state index contributed by atoms with van der Waals surface area (Å²) < 4.78 is 10.5. The molecule has 114 valence electrons. The zero-order chi connectivity index (χ0) is 13.9. The summed E-state index contributed by atoms with van der Waals surface area (Å²) in [6.45, 7) is 1.84. The molecule has 0 spiro atoms. The Balaban J connectivity index is 0.00000161. The van der Waals surface area contributed by atoms with E-state index in [1.54, 1.807) is 7.11 Å². The normalized spacial score (nSPS) is 13.5. The number of nitrogens with two attached hydrogens (primary N) is 1. The molecule has 3 rings (SSSR count). The first kappa shape index (κ1) is 15.6. The minimum absolute atomic E-state index is 0. The molecular weight excluding hydrogens is 292 g/mol. The summed E-state index contributed by atoms with van der Waals surface area (Å²) in [6.07, 6.45) is 2.19. The summed E-state index contributed by atoms with van der Waals surface area (Å²) in [5, 5.41) is 3.96. The van der Waals surface area contributed by atoms with Crippen LogP contribution in [-0.4, -0.2) is 23.8 Å². The predicted molar refractivity (Wildman–Crippen MR) is 81.8 cm³/mol. The van der Waals surface area contributed by atoms with E-state index in [9.17, 15) is 0 Å². The van der Waals surface area contributed by atoms with Crippen LogP contribution in [0.1, 0.15) is 23.7 Å². The van der Waals surface area contributed by atoms with Crippen molar-refractivity contribution in [2.75, 3.05) is 18.6 Å². The maximum atomic E-state index is 5.49. The summed E-state index contributed by atoms with van der Waals surface area (Å²) in [5.41, 5.74) is 7.93. The van der Waals surface area contributed by atoms with E-state index in [0.717, 1.165) is 30.8 Å². The molecule has 7 heteroatoms. The highest BCUT2D eigenvalue weighted by Crippen LogP contribution is 2.36. The van der Waals surface area contributed by atoms with Gasteiger partial charge in [0.15, 0.2) is 5.82 Å². The molecule has 2 aromatic rings. The number of ether oxygens (including phenoxy) is 1. The van der Waals surface area contributed by atoms with Gasteiger partial charge in [0.2, 0.25) is 5.89 Å². The molecule has 1 aromatic heterocycles. The molecule has 0 radical (unpaired) electrons. The fourth-order valence-corrected chi connectivity index (χ4v) is 2.63. The predicted octanol–water partition coefficient (Wildman–Crippen LogP) is 1.91. The van der Waals surface area contributed by atoms with Gasteiger partial charge in [-0.15, -0.1) is 12.4 Å². The van der Waals surface area contributed by atoms with Gasteiger partial charge in [-0.05, 0) is 24.5 Å². The standard InChI is InChI=1S/C14H18N4O2.ClH/c1-19-11-6-2-4-10-5-3-7-18(14(10)11)9-12-16-13(8-15)20-17-12;/h2,4,6H,3,5,7-9,15H2,1H3;1H. The van der Waals surface area contributed by atoms with Crippen LogP contribution in [0, 0.1) is 0 Å². The topological polar surface area (TPSA) is 77.4 Å². The third kappa shape index (κ3) is 3.11. The Bertz CT molecular complexity index is 588. The first-order chi connectivity index (χ1) is 9.81. The maximum Gasteiger partial charge on any atom is 0.240 e. The summed E-state index contributed by atoms with van der Waals surface area (Å²) in [5.74, 6) is 2.02. The zero-order valence-electron chi connectivity index (χ0n) is 11.9. The molecule has 0 saturated heterocycles. The Morgan fingerprint density at radius 1 is 1.43 bits per heavy atom. The average Bonchev–Trinajstić information content (AvgIpc) is 2.94. The molecule has 0 amide bonds. The SMILES string of the molecule is COc1cccc2c1N(Cc1noc(CN)n1)CCC2.Cl. The van der Waals surface area contributed by atoms with Crippen LogP contribution in [0.15, 0.2) is 22.7 Å². The molecule has 21 heavy (non-hydrogen) atoms. The number of methoxy groups -OCH3 is 1. The van der Waals surface area contributed by atoms with Crippen molar-refractivity contribution in [1.82, 2.24) is 10.1 Å². The van der Waals surface area contributed by atoms with Crippen molar-refractivity contribution >= 4 is 18.1 Å². The number of aryl methyl sites for hydroxylation is 1. The fourth-order valence-electron chi connectivity index (χ4n) is 2.63. The Kier molecular flexibility index (Phi) is 5.03. The summed E-state index contributed by atoms with van der Waals surface area (Å²) in [4.78, 5) is 6.50. The second-order valence-corrected chi connectivity index (χ2v) is 4.80. The number of halogens is 1. The molecular formula is C14H19ClN4O2. The van der Waals surface area contributed by atoms with Crippen LogP contribution in [0.4, 0.5) is 5.69 Å². The van der Waals surface area contributed by atoms with Gasteiger partial charge in [0.05, 0.1) is 25.9 Å². The summed E-state index contributed by atoms with van der Waals surface area (Å²) >= 11 is 0. The van der Waals surface area contributed by atoms with Crippen LogP contribution in [0.25, 0.3) is 0 Å². The number of fused-ring (bicyclic) bond motifs is 1. The number of hydrogen-bond acceptors (Lipinski definition) is 6. The molecule has 1 aliphatic rings. The van der Waals surface area contributed by atoms with Gasteiger partial charge in [0.25, 0.3) is 0 Å². The molecule has 6 nitrogen and oxygen atoms in total. The number of benzene rings is 1. The van der Waals surface area contributed by atoms with E-state index in [1.165, 1.54) is 5.56 Å². The molecule has 0 fully saturated rings. The molecule has 0 aliphatic carbocycles. The lowest BCUT2D eigenvalue weighted by Crippen LogP contribution is -2.29. The van der Waals surface area contributed by atoms with Gasteiger partial charge in [-0.3, -0.25) is 0 Å². The molecule has 0 bridgehead atoms. The van der Waals surface area contributed by atoms with E-state index >= 15 is 0 Å². The quantitative estimate of drug-likeness (QED) is 0.929. The highest BCUT2D eigenvalue weighted by Gasteiger charge is 2.22. The number of aromatic nitrogens is 2. The number of nitrogens with zero attached hydrogens (tertiary/aromatic N) is 3. The van der Waals surface area contributed by atoms with Gasteiger partial charge < -0.3 is 19.9 Å². The van der Waals surface area contributed by atoms with Crippen LogP contribution in [-0.2, 0) is 19.5 Å². The van der Waals surface area contributed by atoms with Gasteiger partial charge in [0, 0.05) is 6.54 Å². The maximum absolute atomic E-state index is 5.49. The van der Waals surface area contributed by atoms with Crippen LogP contribution >= 0.6 is 12.4 Å². The largest absolute Gasteiger partial charge is 0.495 e.